The van der Waals surface area contributed by atoms with Crippen LogP contribution in [0.3, 0.4) is 0 Å². The van der Waals surface area contributed by atoms with Gasteiger partial charge in [0, 0.05) is 36.0 Å². The van der Waals surface area contributed by atoms with Gasteiger partial charge >= 0.3 is 0 Å². The largest absolute Gasteiger partial charge is 0.454 e. The quantitative estimate of drug-likeness (QED) is 0.800. The number of nitrogens with zero attached hydrogens (tertiary/aromatic N) is 3. The second-order valence-corrected chi connectivity index (χ2v) is 5.54. The number of aromatic nitrogens is 2. The van der Waals surface area contributed by atoms with Gasteiger partial charge in [0.05, 0.1) is 11.8 Å². The Bertz CT molecular complexity index is 949. The third kappa shape index (κ3) is 2.62. The highest BCUT2D eigenvalue weighted by Gasteiger charge is 2.11. The number of nitrogens with one attached hydrogen (secondary N) is 1. The number of ether oxygens (including phenoxy) is 1. The molecule has 1 aliphatic rings. The summed E-state index contributed by atoms with van der Waals surface area (Å²) in [6, 6.07) is 10.5. The third-order valence-electron chi connectivity index (χ3n) is 3.96. The Morgan fingerprint density at radius 1 is 1.25 bits per heavy atom. The van der Waals surface area contributed by atoms with Gasteiger partial charge in [-0.1, -0.05) is 12.1 Å². The SMILES string of the molecule is Cn1c(-c2cccc(F)c2)cc2cnc(NC3C=COC=N3)cc21. The van der Waals surface area contributed by atoms with E-state index < -0.39 is 0 Å². The highest BCUT2D eigenvalue weighted by atomic mass is 19.1. The maximum atomic E-state index is 13.5. The lowest BCUT2D eigenvalue weighted by Crippen LogP contribution is -2.17. The van der Waals surface area contributed by atoms with Crippen molar-refractivity contribution >= 4 is 23.1 Å². The van der Waals surface area contributed by atoms with Gasteiger partial charge in [0.15, 0.2) is 6.40 Å². The van der Waals surface area contributed by atoms with Crippen molar-refractivity contribution in [2.24, 2.45) is 12.0 Å². The Morgan fingerprint density at radius 3 is 2.96 bits per heavy atom. The molecule has 3 aromatic rings. The van der Waals surface area contributed by atoms with Gasteiger partial charge in [0.1, 0.15) is 17.8 Å². The maximum Gasteiger partial charge on any atom is 0.178 e. The van der Waals surface area contributed by atoms with Crippen molar-refractivity contribution in [3.05, 3.63) is 60.8 Å². The number of pyridine rings is 1. The summed E-state index contributed by atoms with van der Waals surface area (Å²) >= 11 is 0. The zero-order chi connectivity index (χ0) is 16.5. The molecule has 1 atom stereocenters. The summed E-state index contributed by atoms with van der Waals surface area (Å²) in [6.45, 7) is 0. The first kappa shape index (κ1) is 14.4. The van der Waals surface area contributed by atoms with E-state index in [2.05, 4.69) is 15.3 Å². The van der Waals surface area contributed by atoms with Crippen LogP contribution in [0.4, 0.5) is 10.2 Å². The monoisotopic (exact) mass is 322 g/mol. The highest BCUT2D eigenvalue weighted by molar-refractivity contribution is 5.88. The van der Waals surface area contributed by atoms with Gasteiger partial charge in [-0.15, -0.1) is 0 Å². The first-order valence-corrected chi connectivity index (χ1v) is 7.52. The average molecular weight is 322 g/mol. The van der Waals surface area contributed by atoms with Crippen molar-refractivity contribution in [3.63, 3.8) is 0 Å². The standard InChI is InChI=1S/C18H15FN4O/c1-23-15(12-3-2-4-14(19)7-12)8-13-10-20-18(9-16(13)23)22-17-5-6-24-11-21-17/h2-11,17H,1H3,(H,20,22). The minimum Gasteiger partial charge on any atom is -0.454 e. The van der Waals surface area contributed by atoms with E-state index in [1.807, 2.05) is 29.8 Å². The molecule has 0 saturated carbocycles. The summed E-state index contributed by atoms with van der Waals surface area (Å²) in [5.41, 5.74) is 2.78. The fourth-order valence-corrected chi connectivity index (χ4v) is 2.78. The number of rotatable bonds is 3. The van der Waals surface area contributed by atoms with E-state index in [4.69, 9.17) is 4.74 Å². The smallest absolute Gasteiger partial charge is 0.178 e. The van der Waals surface area contributed by atoms with Gasteiger partial charge < -0.3 is 14.6 Å². The fraction of sp³-hybridized carbons (Fsp3) is 0.111. The van der Waals surface area contributed by atoms with Gasteiger partial charge in [-0.25, -0.2) is 14.4 Å². The molecule has 0 saturated heterocycles. The molecule has 6 heteroatoms. The van der Waals surface area contributed by atoms with Crippen LogP contribution in [-0.2, 0) is 11.8 Å². The van der Waals surface area contributed by atoms with Crippen LogP contribution in [0.15, 0.2) is 59.9 Å². The van der Waals surface area contributed by atoms with Crippen molar-refractivity contribution < 1.29 is 9.13 Å². The Balaban J connectivity index is 1.72. The summed E-state index contributed by atoms with van der Waals surface area (Å²) in [5.74, 6) is 0.464. The van der Waals surface area contributed by atoms with E-state index in [1.54, 1.807) is 24.6 Å². The number of benzene rings is 1. The van der Waals surface area contributed by atoms with Gasteiger partial charge in [-0.2, -0.15) is 0 Å². The number of aryl methyl sites for hydroxylation is 1. The van der Waals surface area contributed by atoms with Crippen LogP contribution in [0, 0.1) is 5.82 Å². The lowest BCUT2D eigenvalue weighted by molar-refractivity contribution is 0.474. The Kier molecular flexibility index (Phi) is 3.49. The lowest BCUT2D eigenvalue weighted by atomic mass is 10.1. The molecule has 1 unspecified atom stereocenters. The molecule has 5 nitrogen and oxygen atoms in total. The zero-order valence-electron chi connectivity index (χ0n) is 13.0. The molecule has 1 aliphatic heterocycles. The van der Waals surface area contributed by atoms with Crippen molar-refractivity contribution in [1.82, 2.24) is 9.55 Å². The second-order valence-electron chi connectivity index (χ2n) is 5.54. The van der Waals surface area contributed by atoms with Crippen LogP contribution in [0.25, 0.3) is 22.2 Å². The van der Waals surface area contributed by atoms with Crippen molar-refractivity contribution in [2.45, 2.75) is 6.17 Å². The van der Waals surface area contributed by atoms with E-state index in [0.717, 1.165) is 22.2 Å². The summed E-state index contributed by atoms with van der Waals surface area (Å²) in [4.78, 5) is 8.58. The van der Waals surface area contributed by atoms with Crippen molar-refractivity contribution in [3.8, 4) is 11.3 Å². The molecule has 0 bridgehead atoms. The second kappa shape index (κ2) is 5.81. The summed E-state index contributed by atoms with van der Waals surface area (Å²) in [5, 5.41) is 4.20. The third-order valence-corrected chi connectivity index (χ3v) is 3.96. The zero-order valence-corrected chi connectivity index (χ0v) is 13.0. The molecule has 1 N–H and O–H groups in total. The summed E-state index contributed by atoms with van der Waals surface area (Å²) in [6.07, 6.45) is 6.36. The van der Waals surface area contributed by atoms with Gasteiger partial charge in [-0.05, 0) is 24.3 Å². The Labute approximate surface area is 138 Å². The van der Waals surface area contributed by atoms with E-state index >= 15 is 0 Å². The van der Waals surface area contributed by atoms with Crippen molar-refractivity contribution in [1.29, 1.82) is 0 Å². The topological polar surface area (TPSA) is 51.4 Å². The van der Waals surface area contributed by atoms with Gasteiger partial charge in [0.25, 0.3) is 0 Å². The molecular formula is C18H15FN4O. The summed E-state index contributed by atoms with van der Waals surface area (Å²) < 4.78 is 20.5. The minimum absolute atomic E-state index is 0.202. The molecule has 24 heavy (non-hydrogen) atoms. The molecule has 0 fully saturated rings. The molecule has 1 aromatic carbocycles. The minimum atomic E-state index is -0.248. The predicted molar refractivity (Wildman–Crippen MR) is 92.2 cm³/mol. The molecule has 0 amide bonds. The van der Waals surface area contributed by atoms with Crippen LogP contribution < -0.4 is 5.32 Å². The van der Waals surface area contributed by atoms with Gasteiger partial charge in [-0.3, -0.25) is 0 Å². The molecule has 4 rings (SSSR count). The normalized spacial score (nSPS) is 16.3. The molecule has 3 heterocycles. The molecule has 0 aliphatic carbocycles. The number of fused-ring (bicyclic) bond motifs is 1. The number of hydrogen-bond acceptors (Lipinski definition) is 4. The van der Waals surface area contributed by atoms with Crippen LogP contribution in [0.5, 0.6) is 0 Å². The number of halogens is 1. The maximum absolute atomic E-state index is 13.5. The van der Waals surface area contributed by atoms with Crippen molar-refractivity contribution in [2.75, 3.05) is 5.32 Å². The highest BCUT2D eigenvalue weighted by Crippen LogP contribution is 2.28. The fourth-order valence-electron chi connectivity index (χ4n) is 2.78. The predicted octanol–water partition coefficient (Wildman–Crippen LogP) is 3.69. The Hall–Kier alpha value is -3.15. The van der Waals surface area contributed by atoms with E-state index in [1.165, 1.54) is 18.5 Å². The van der Waals surface area contributed by atoms with E-state index in [-0.39, 0.29) is 12.0 Å². The number of anilines is 1. The first-order valence-electron chi connectivity index (χ1n) is 7.52. The number of aliphatic imine (C=N–C) groups is 1. The van der Waals surface area contributed by atoms with E-state index in [9.17, 15) is 4.39 Å². The van der Waals surface area contributed by atoms with Gasteiger partial charge in [0.2, 0.25) is 0 Å². The molecule has 2 aromatic heterocycles. The van der Waals surface area contributed by atoms with Crippen LogP contribution in [-0.4, -0.2) is 22.1 Å². The number of hydrogen-bond donors (Lipinski definition) is 1. The molecule has 0 spiro atoms. The summed E-state index contributed by atoms with van der Waals surface area (Å²) in [7, 11) is 1.96. The average Bonchev–Trinajstić information content (AvgIpc) is 2.93. The van der Waals surface area contributed by atoms with E-state index in [0.29, 0.717) is 5.82 Å². The Morgan fingerprint density at radius 2 is 2.17 bits per heavy atom. The molecular weight excluding hydrogens is 307 g/mol. The van der Waals surface area contributed by atoms with Crippen LogP contribution in [0.2, 0.25) is 0 Å². The van der Waals surface area contributed by atoms with Crippen LogP contribution >= 0.6 is 0 Å². The first-order chi connectivity index (χ1) is 11.7. The molecule has 0 radical (unpaired) electrons. The molecule has 120 valence electrons. The lowest BCUT2D eigenvalue weighted by Gasteiger charge is -2.13. The van der Waals surface area contributed by atoms with Crippen LogP contribution in [0.1, 0.15) is 0 Å².